The number of methoxy groups -OCH3 is 1. The Bertz CT molecular complexity index is 444. The van der Waals surface area contributed by atoms with Crippen molar-refractivity contribution < 1.29 is 9.53 Å². The number of rotatable bonds is 8. The summed E-state index contributed by atoms with van der Waals surface area (Å²) >= 11 is 0. The first kappa shape index (κ1) is 16.5. The number of Topliss-reactive ketones (excluding diaryl/α,β-unsaturated/α-hetero) is 1. The van der Waals surface area contributed by atoms with Crippen molar-refractivity contribution in [2.24, 2.45) is 5.92 Å². The molecule has 0 aliphatic carbocycles. The van der Waals surface area contributed by atoms with Crippen molar-refractivity contribution in [3.63, 3.8) is 0 Å². The molecule has 1 aromatic carbocycles. The molecule has 0 saturated heterocycles. The van der Waals surface area contributed by atoms with Gasteiger partial charge in [0.15, 0.2) is 5.78 Å². The number of ketones is 1. The minimum Gasteiger partial charge on any atom is -0.495 e. The molecule has 0 amide bonds. The number of hydrogen-bond acceptors (Lipinski definition) is 4. The molecule has 20 heavy (non-hydrogen) atoms. The summed E-state index contributed by atoms with van der Waals surface area (Å²) in [6.45, 7) is 7.22. The molecular weight excluding hydrogens is 252 g/mol. The Morgan fingerprint density at radius 1 is 1.40 bits per heavy atom. The maximum Gasteiger partial charge on any atom is 0.179 e. The van der Waals surface area contributed by atoms with Gasteiger partial charge in [-0.1, -0.05) is 20.8 Å². The van der Waals surface area contributed by atoms with E-state index in [1.807, 2.05) is 6.92 Å². The molecule has 1 unspecified atom stereocenters. The van der Waals surface area contributed by atoms with Crippen LogP contribution in [-0.2, 0) is 0 Å². The molecule has 0 saturated carbocycles. The predicted octanol–water partition coefficient (Wildman–Crippen LogP) is 2.87. The number of benzene rings is 1. The first-order valence-corrected chi connectivity index (χ1v) is 7.20. The lowest BCUT2D eigenvalue weighted by molar-refractivity contribution is 0.0940. The average molecular weight is 278 g/mol. The molecule has 0 fully saturated rings. The van der Waals surface area contributed by atoms with Crippen LogP contribution in [0.1, 0.15) is 44.0 Å². The van der Waals surface area contributed by atoms with Gasteiger partial charge in [-0.2, -0.15) is 0 Å². The monoisotopic (exact) mass is 278 g/mol. The quantitative estimate of drug-likeness (QED) is 0.567. The zero-order valence-electron chi connectivity index (χ0n) is 12.9. The van der Waals surface area contributed by atoms with Gasteiger partial charge in [-0.25, -0.2) is 0 Å². The average Bonchev–Trinajstić information content (AvgIpc) is 2.42. The Morgan fingerprint density at radius 2 is 2.10 bits per heavy atom. The van der Waals surface area contributed by atoms with E-state index in [1.165, 1.54) is 0 Å². The zero-order valence-corrected chi connectivity index (χ0v) is 12.9. The molecule has 0 aromatic heterocycles. The van der Waals surface area contributed by atoms with Crippen molar-refractivity contribution in [3.05, 3.63) is 23.8 Å². The first-order valence-electron chi connectivity index (χ1n) is 7.20. The molecule has 1 rings (SSSR count). The fourth-order valence-corrected chi connectivity index (χ4v) is 2.06. The Balaban J connectivity index is 2.72. The SMILES string of the molecule is CCC(NCCC(C)C)C(=O)c1ccc(OC)c(N)c1. The third-order valence-electron chi connectivity index (χ3n) is 3.35. The van der Waals surface area contributed by atoms with Crippen LogP contribution in [-0.4, -0.2) is 25.5 Å². The Labute approximate surface area is 121 Å². The smallest absolute Gasteiger partial charge is 0.179 e. The van der Waals surface area contributed by atoms with E-state index >= 15 is 0 Å². The van der Waals surface area contributed by atoms with E-state index in [-0.39, 0.29) is 11.8 Å². The van der Waals surface area contributed by atoms with Crippen molar-refractivity contribution in [3.8, 4) is 5.75 Å². The number of nitrogen functional groups attached to an aromatic ring is 1. The van der Waals surface area contributed by atoms with Crippen LogP contribution in [0.15, 0.2) is 18.2 Å². The number of nitrogens with one attached hydrogen (secondary N) is 1. The van der Waals surface area contributed by atoms with Crippen LogP contribution in [0.4, 0.5) is 5.69 Å². The van der Waals surface area contributed by atoms with E-state index < -0.39 is 0 Å². The summed E-state index contributed by atoms with van der Waals surface area (Å²) in [5.41, 5.74) is 6.98. The van der Waals surface area contributed by atoms with Crippen LogP contribution in [0.3, 0.4) is 0 Å². The summed E-state index contributed by atoms with van der Waals surface area (Å²) in [5, 5.41) is 3.33. The second-order valence-corrected chi connectivity index (χ2v) is 5.42. The van der Waals surface area contributed by atoms with Crippen LogP contribution < -0.4 is 15.8 Å². The van der Waals surface area contributed by atoms with E-state index in [0.29, 0.717) is 22.9 Å². The zero-order chi connectivity index (χ0) is 15.1. The molecule has 3 N–H and O–H groups in total. The molecule has 1 atom stereocenters. The summed E-state index contributed by atoms with van der Waals surface area (Å²) in [6.07, 6.45) is 1.83. The topological polar surface area (TPSA) is 64.3 Å². The second kappa shape index (κ2) is 7.90. The molecule has 4 nitrogen and oxygen atoms in total. The summed E-state index contributed by atoms with van der Waals surface area (Å²) in [7, 11) is 1.56. The highest BCUT2D eigenvalue weighted by Crippen LogP contribution is 2.22. The minimum atomic E-state index is -0.151. The first-order chi connectivity index (χ1) is 9.49. The number of anilines is 1. The van der Waals surface area contributed by atoms with Gasteiger partial charge < -0.3 is 15.8 Å². The normalized spacial score (nSPS) is 12.4. The molecule has 0 radical (unpaired) electrons. The molecule has 0 spiro atoms. The van der Waals surface area contributed by atoms with Crippen LogP contribution in [0, 0.1) is 5.92 Å². The lowest BCUT2D eigenvalue weighted by Crippen LogP contribution is -2.37. The highest BCUT2D eigenvalue weighted by molar-refractivity contribution is 6.01. The number of carbonyl (C=O) groups excluding carboxylic acids is 1. The van der Waals surface area contributed by atoms with Crippen molar-refractivity contribution in [1.29, 1.82) is 0 Å². The van der Waals surface area contributed by atoms with Gasteiger partial charge in [0.1, 0.15) is 5.75 Å². The lowest BCUT2D eigenvalue weighted by Gasteiger charge is -2.17. The van der Waals surface area contributed by atoms with Gasteiger partial charge in [0.25, 0.3) is 0 Å². The predicted molar refractivity (Wildman–Crippen MR) is 83.3 cm³/mol. The molecule has 112 valence electrons. The van der Waals surface area contributed by atoms with E-state index in [2.05, 4.69) is 19.2 Å². The fraction of sp³-hybridized carbons (Fsp3) is 0.562. The maximum atomic E-state index is 12.4. The van der Waals surface area contributed by atoms with Crippen LogP contribution in [0.5, 0.6) is 5.75 Å². The lowest BCUT2D eigenvalue weighted by atomic mass is 10.0. The van der Waals surface area contributed by atoms with Crippen LogP contribution in [0.2, 0.25) is 0 Å². The molecule has 0 bridgehead atoms. The van der Waals surface area contributed by atoms with E-state index in [4.69, 9.17) is 10.5 Å². The summed E-state index contributed by atoms with van der Waals surface area (Å²) in [6, 6.07) is 5.04. The summed E-state index contributed by atoms with van der Waals surface area (Å²) < 4.78 is 5.11. The van der Waals surface area contributed by atoms with Gasteiger partial charge in [0, 0.05) is 5.56 Å². The van der Waals surface area contributed by atoms with Gasteiger partial charge in [-0.15, -0.1) is 0 Å². The fourth-order valence-electron chi connectivity index (χ4n) is 2.06. The van der Waals surface area contributed by atoms with E-state index in [9.17, 15) is 4.79 Å². The van der Waals surface area contributed by atoms with Gasteiger partial charge in [0.05, 0.1) is 18.8 Å². The van der Waals surface area contributed by atoms with Gasteiger partial charge in [-0.05, 0) is 43.5 Å². The number of nitrogens with two attached hydrogens (primary N) is 1. The van der Waals surface area contributed by atoms with Gasteiger partial charge >= 0.3 is 0 Å². The molecule has 0 aliphatic rings. The number of carbonyl (C=O) groups is 1. The Hall–Kier alpha value is -1.55. The summed E-state index contributed by atoms with van der Waals surface area (Å²) in [4.78, 5) is 12.4. The van der Waals surface area contributed by atoms with Crippen molar-refractivity contribution in [1.82, 2.24) is 5.32 Å². The molecular formula is C16H26N2O2. The van der Waals surface area contributed by atoms with E-state index in [0.717, 1.165) is 19.4 Å². The van der Waals surface area contributed by atoms with Crippen molar-refractivity contribution in [2.45, 2.75) is 39.7 Å². The standard InChI is InChI=1S/C16H26N2O2/c1-5-14(18-9-8-11(2)3)16(19)12-6-7-15(20-4)13(17)10-12/h6-7,10-11,14,18H,5,8-9,17H2,1-4H3. The highest BCUT2D eigenvalue weighted by Gasteiger charge is 2.18. The van der Waals surface area contributed by atoms with Crippen molar-refractivity contribution in [2.75, 3.05) is 19.4 Å². The third kappa shape index (κ3) is 4.53. The van der Waals surface area contributed by atoms with Crippen LogP contribution in [0.25, 0.3) is 0 Å². The summed E-state index contributed by atoms with van der Waals surface area (Å²) in [5.74, 6) is 1.32. The Morgan fingerprint density at radius 3 is 2.60 bits per heavy atom. The largest absolute Gasteiger partial charge is 0.495 e. The van der Waals surface area contributed by atoms with Gasteiger partial charge in [0.2, 0.25) is 0 Å². The maximum absolute atomic E-state index is 12.4. The number of ether oxygens (including phenoxy) is 1. The number of hydrogen-bond donors (Lipinski definition) is 2. The van der Waals surface area contributed by atoms with E-state index in [1.54, 1.807) is 25.3 Å². The minimum absolute atomic E-state index is 0.0885. The molecule has 1 aromatic rings. The third-order valence-corrected chi connectivity index (χ3v) is 3.35. The Kier molecular flexibility index (Phi) is 6.52. The highest BCUT2D eigenvalue weighted by atomic mass is 16.5. The van der Waals surface area contributed by atoms with Crippen LogP contribution >= 0.6 is 0 Å². The second-order valence-electron chi connectivity index (χ2n) is 5.42. The molecule has 0 aliphatic heterocycles. The molecule has 0 heterocycles. The van der Waals surface area contributed by atoms with Crippen molar-refractivity contribution >= 4 is 11.5 Å². The van der Waals surface area contributed by atoms with Gasteiger partial charge in [-0.3, -0.25) is 4.79 Å². The molecule has 4 heteroatoms.